The fraction of sp³-hybridized carbons (Fsp3) is 0.250. The van der Waals surface area contributed by atoms with Crippen LogP contribution in [-0.4, -0.2) is 35.6 Å². The summed E-state index contributed by atoms with van der Waals surface area (Å²) in [4.78, 5) is 15.8. The van der Waals surface area contributed by atoms with Crippen LogP contribution in [0.2, 0.25) is 0 Å². The zero-order valence-corrected chi connectivity index (χ0v) is 16.8. The summed E-state index contributed by atoms with van der Waals surface area (Å²) in [7, 11) is 2.57. The molecule has 29 heavy (non-hydrogen) atoms. The molecule has 0 radical (unpaired) electrons. The summed E-state index contributed by atoms with van der Waals surface area (Å²) in [5.41, 5.74) is 7.80. The van der Waals surface area contributed by atoms with Gasteiger partial charge in [0.25, 0.3) is 0 Å². The van der Waals surface area contributed by atoms with Gasteiger partial charge in [-0.1, -0.05) is 18.2 Å². The van der Waals surface area contributed by atoms with E-state index < -0.39 is 17.7 Å². The lowest BCUT2D eigenvalue weighted by atomic mass is 10.0. The lowest BCUT2D eigenvalue weighted by Crippen LogP contribution is -2.41. The third-order valence-corrected chi connectivity index (χ3v) is 5.14. The molecular formula is C20H22F2N5OP. The van der Waals surface area contributed by atoms with Crippen molar-refractivity contribution >= 4 is 38.3 Å². The van der Waals surface area contributed by atoms with Crippen molar-refractivity contribution in [3.63, 3.8) is 0 Å². The first-order valence-corrected chi connectivity index (χ1v) is 9.59. The van der Waals surface area contributed by atoms with Crippen molar-refractivity contribution in [2.24, 2.45) is 5.73 Å². The van der Waals surface area contributed by atoms with Crippen LogP contribution in [0.25, 0.3) is 0 Å². The molecule has 3 rings (SSSR count). The molecule has 1 amide bonds. The van der Waals surface area contributed by atoms with E-state index in [1.807, 2.05) is 18.2 Å². The number of halogens is 2. The first-order valence-electron chi connectivity index (χ1n) is 9.01. The van der Waals surface area contributed by atoms with Gasteiger partial charge in [-0.3, -0.25) is 20.5 Å². The van der Waals surface area contributed by atoms with Crippen molar-refractivity contribution in [1.29, 1.82) is 10.8 Å². The van der Waals surface area contributed by atoms with Crippen LogP contribution in [0, 0.1) is 22.5 Å². The van der Waals surface area contributed by atoms with Gasteiger partial charge >= 0.3 is 0 Å². The molecule has 2 unspecified atom stereocenters. The van der Waals surface area contributed by atoms with Crippen LogP contribution in [0.1, 0.15) is 17.5 Å². The number of hydrogen-bond donors (Lipinski definition) is 3. The van der Waals surface area contributed by atoms with Crippen molar-refractivity contribution in [2.45, 2.75) is 25.4 Å². The molecule has 0 fully saturated rings. The first kappa shape index (κ1) is 21.0. The van der Waals surface area contributed by atoms with E-state index in [1.54, 1.807) is 0 Å². The second kappa shape index (κ2) is 8.76. The Bertz CT molecular complexity index is 968. The van der Waals surface area contributed by atoms with Crippen molar-refractivity contribution in [2.75, 3.05) is 11.4 Å². The first-order chi connectivity index (χ1) is 13.8. The number of amides is 1. The maximum atomic E-state index is 13.8. The predicted molar refractivity (Wildman–Crippen MR) is 113 cm³/mol. The number of nitrogens with two attached hydrogens (primary N) is 1. The number of nitrogens with zero attached hydrogens (tertiary/aromatic N) is 2. The predicted octanol–water partition coefficient (Wildman–Crippen LogP) is 2.16. The van der Waals surface area contributed by atoms with Gasteiger partial charge in [0.2, 0.25) is 5.91 Å². The van der Waals surface area contributed by atoms with E-state index in [0.717, 1.165) is 29.3 Å². The number of anilines is 1. The molecule has 1 heterocycles. The number of carbonyl (C=O) groups is 1. The fourth-order valence-electron chi connectivity index (χ4n) is 3.32. The smallest absolute Gasteiger partial charge is 0.224 e. The minimum atomic E-state index is -0.687. The Morgan fingerprint density at radius 3 is 2.69 bits per heavy atom. The Kier molecular flexibility index (Phi) is 6.35. The molecule has 152 valence electrons. The highest BCUT2D eigenvalue weighted by Gasteiger charge is 2.27. The lowest BCUT2D eigenvalue weighted by Gasteiger charge is -2.23. The minimum Gasteiger partial charge on any atom is -0.331 e. The Morgan fingerprint density at radius 1 is 1.24 bits per heavy atom. The van der Waals surface area contributed by atoms with E-state index in [4.69, 9.17) is 16.6 Å². The van der Waals surface area contributed by atoms with Crippen molar-refractivity contribution in [3.05, 3.63) is 59.2 Å². The van der Waals surface area contributed by atoms with Gasteiger partial charge in [0.15, 0.2) is 0 Å². The quantitative estimate of drug-likeness (QED) is 0.395. The molecule has 2 atom stereocenters. The molecule has 0 saturated heterocycles. The third kappa shape index (κ3) is 4.83. The number of nitrogens with one attached hydrogen (secondary N) is 2. The zero-order valence-electron chi connectivity index (χ0n) is 15.7. The normalized spacial score (nSPS) is 15.0. The number of fused-ring (bicyclic) bond motifs is 1. The van der Waals surface area contributed by atoms with E-state index in [1.165, 1.54) is 15.9 Å². The van der Waals surface area contributed by atoms with Gasteiger partial charge in [-0.2, -0.15) is 0 Å². The molecule has 0 aromatic heterocycles. The lowest BCUT2D eigenvalue weighted by molar-refractivity contribution is -0.131. The molecule has 0 spiro atoms. The summed E-state index contributed by atoms with van der Waals surface area (Å²) < 4.78 is 26.9. The standard InChI is InChI=1S/C20H22F2N5OP/c21-14-3-1-12(17(22)6-14)5-15(24)7-20(28)26-9-13-2-4-16(29)8-18(13)27(11-23)19(25)10-26/h1-4,6,8,11,15,23,25H,5,7,9-10,24,29H2. The van der Waals surface area contributed by atoms with Crippen LogP contribution in [-0.2, 0) is 17.8 Å². The molecule has 2 aromatic carbocycles. The molecule has 6 nitrogen and oxygen atoms in total. The highest BCUT2D eigenvalue weighted by Crippen LogP contribution is 2.25. The van der Waals surface area contributed by atoms with E-state index in [0.29, 0.717) is 5.69 Å². The fourth-order valence-corrected chi connectivity index (χ4v) is 3.58. The van der Waals surface area contributed by atoms with Gasteiger partial charge in [-0.05, 0) is 35.0 Å². The molecule has 0 bridgehead atoms. The summed E-state index contributed by atoms with van der Waals surface area (Å²) in [6.07, 6.45) is 1.12. The minimum absolute atomic E-state index is 0.0344. The Hall–Kier alpha value is -2.70. The molecule has 1 aliphatic rings. The molecule has 0 saturated carbocycles. The summed E-state index contributed by atoms with van der Waals surface area (Å²) >= 11 is 0. The second-order valence-electron chi connectivity index (χ2n) is 6.99. The maximum absolute atomic E-state index is 13.8. The largest absolute Gasteiger partial charge is 0.331 e. The average Bonchev–Trinajstić information content (AvgIpc) is 2.79. The monoisotopic (exact) mass is 417 g/mol. The summed E-state index contributed by atoms with van der Waals surface area (Å²) in [5, 5.41) is 16.8. The SMILES string of the molecule is N=CN1C(=N)CN(C(=O)CC(N)Cc2ccc(F)cc2F)Cc2ccc(P)cc21. The highest BCUT2D eigenvalue weighted by atomic mass is 31.0. The van der Waals surface area contributed by atoms with Crippen molar-refractivity contribution < 1.29 is 13.6 Å². The average molecular weight is 417 g/mol. The summed E-state index contributed by atoms with van der Waals surface area (Å²) in [6.45, 7) is 0.316. The van der Waals surface area contributed by atoms with Crippen molar-refractivity contribution in [1.82, 2.24) is 4.90 Å². The van der Waals surface area contributed by atoms with E-state index in [9.17, 15) is 13.6 Å². The molecular weight excluding hydrogens is 395 g/mol. The zero-order chi connectivity index (χ0) is 21.1. The summed E-state index contributed by atoms with van der Waals surface area (Å²) in [5.74, 6) is -1.52. The molecule has 9 heteroatoms. The van der Waals surface area contributed by atoms with E-state index in [2.05, 4.69) is 9.24 Å². The number of amidine groups is 1. The van der Waals surface area contributed by atoms with Crippen LogP contribution < -0.4 is 15.9 Å². The molecule has 0 aliphatic carbocycles. The Morgan fingerprint density at radius 2 is 2.00 bits per heavy atom. The molecule has 1 aliphatic heterocycles. The Balaban J connectivity index is 1.74. The van der Waals surface area contributed by atoms with Gasteiger partial charge in [0, 0.05) is 25.1 Å². The van der Waals surface area contributed by atoms with E-state index in [-0.39, 0.29) is 43.2 Å². The Labute approximate surface area is 169 Å². The topological polar surface area (TPSA) is 97.3 Å². The highest BCUT2D eigenvalue weighted by molar-refractivity contribution is 7.27. The van der Waals surface area contributed by atoms with Gasteiger partial charge < -0.3 is 10.6 Å². The van der Waals surface area contributed by atoms with Crippen LogP contribution in [0.3, 0.4) is 0 Å². The summed E-state index contributed by atoms with van der Waals surface area (Å²) in [6, 6.07) is 8.22. The van der Waals surface area contributed by atoms with Crippen LogP contribution in [0.4, 0.5) is 14.5 Å². The number of rotatable bonds is 5. The van der Waals surface area contributed by atoms with Gasteiger partial charge in [-0.25, -0.2) is 8.78 Å². The van der Waals surface area contributed by atoms with Gasteiger partial charge in [-0.15, -0.1) is 9.24 Å². The second-order valence-corrected chi connectivity index (χ2v) is 7.65. The van der Waals surface area contributed by atoms with Crippen LogP contribution >= 0.6 is 9.24 Å². The van der Waals surface area contributed by atoms with E-state index >= 15 is 0 Å². The number of carbonyl (C=O) groups excluding carboxylic acids is 1. The van der Waals surface area contributed by atoms with Crippen molar-refractivity contribution in [3.8, 4) is 0 Å². The van der Waals surface area contributed by atoms with Gasteiger partial charge in [0.05, 0.1) is 18.6 Å². The number of benzene rings is 2. The third-order valence-electron chi connectivity index (χ3n) is 4.78. The maximum Gasteiger partial charge on any atom is 0.224 e. The molecule has 4 N–H and O–H groups in total. The molecule has 2 aromatic rings. The van der Waals surface area contributed by atoms with Crippen LogP contribution in [0.15, 0.2) is 36.4 Å². The number of hydrogen-bond acceptors (Lipinski definition) is 4. The van der Waals surface area contributed by atoms with Crippen LogP contribution in [0.5, 0.6) is 0 Å². The van der Waals surface area contributed by atoms with Gasteiger partial charge in [0.1, 0.15) is 17.5 Å².